The number of sulfonamides is 1. The lowest BCUT2D eigenvalue weighted by Gasteiger charge is -2.44. The minimum absolute atomic E-state index is 0.134. The third-order valence-electron chi connectivity index (χ3n) is 5.25. The van der Waals surface area contributed by atoms with Gasteiger partial charge in [0.15, 0.2) is 0 Å². The van der Waals surface area contributed by atoms with Gasteiger partial charge >= 0.3 is 6.09 Å². The summed E-state index contributed by atoms with van der Waals surface area (Å²) < 4.78 is 32.8. The highest BCUT2D eigenvalue weighted by Crippen LogP contribution is 2.30. The van der Waals surface area contributed by atoms with Crippen LogP contribution in [0.2, 0.25) is 0 Å². The minimum atomic E-state index is -3.59. The average Bonchev–Trinajstić information content (AvgIpc) is 2.64. The van der Waals surface area contributed by atoms with Gasteiger partial charge in [0.1, 0.15) is 0 Å². The van der Waals surface area contributed by atoms with Gasteiger partial charge < -0.3 is 9.64 Å². The second-order valence-electron chi connectivity index (χ2n) is 6.68. The van der Waals surface area contributed by atoms with Gasteiger partial charge in [-0.1, -0.05) is 30.3 Å². The first-order chi connectivity index (χ1) is 12.0. The molecule has 0 spiro atoms. The molecular weight excluding hydrogens is 340 g/mol. The molecule has 2 aromatic rings. The highest BCUT2D eigenvalue weighted by molar-refractivity contribution is 7.89. The summed E-state index contributed by atoms with van der Waals surface area (Å²) >= 11 is 0. The Hall–Kier alpha value is -2.12. The van der Waals surface area contributed by atoms with Crippen molar-refractivity contribution in [3.05, 3.63) is 42.5 Å². The number of hydrogen-bond donors (Lipinski definition) is 0. The van der Waals surface area contributed by atoms with Gasteiger partial charge in [0.05, 0.1) is 17.5 Å². The van der Waals surface area contributed by atoms with E-state index in [9.17, 15) is 13.2 Å². The zero-order valence-corrected chi connectivity index (χ0v) is 14.8. The molecule has 0 aromatic heterocycles. The molecule has 2 saturated heterocycles. The Bertz CT molecular complexity index is 928. The summed E-state index contributed by atoms with van der Waals surface area (Å²) in [5.74, 6) is 0.186. The number of nitrogens with zero attached hydrogens (tertiary/aromatic N) is 2. The Labute approximate surface area is 147 Å². The molecule has 1 amide bonds. The fourth-order valence-corrected chi connectivity index (χ4v) is 5.20. The van der Waals surface area contributed by atoms with Crippen LogP contribution in [-0.4, -0.2) is 56.5 Å². The van der Waals surface area contributed by atoms with Crippen molar-refractivity contribution in [2.45, 2.75) is 17.4 Å². The molecule has 0 bridgehead atoms. The zero-order chi connectivity index (χ0) is 17.6. The van der Waals surface area contributed by atoms with Gasteiger partial charge in [-0.2, -0.15) is 4.31 Å². The molecule has 25 heavy (non-hydrogen) atoms. The molecule has 6 nitrogen and oxygen atoms in total. The van der Waals surface area contributed by atoms with Crippen LogP contribution in [0.3, 0.4) is 0 Å². The molecule has 2 heterocycles. The standard InChI is InChI=1S/C18H20N2O4S/c1-19-17-11-20(9-8-15(17)12-24-18(19)21)25(22,23)16-7-6-13-4-2-3-5-14(13)10-16/h2-7,10,15,17H,8-9,11-12H2,1H3/t15-,17+/m0/s1. The van der Waals surface area contributed by atoms with Crippen LogP contribution in [0.4, 0.5) is 4.79 Å². The van der Waals surface area contributed by atoms with Crippen LogP contribution in [0.15, 0.2) is 47.4 Å². The number of cyclic esters (lactones) is 1. The van der Waals surface area contributed by atoms with Crippen LogP contribution in [0.25, 0.3) is 10.8 Å². The maximum atomic E-state index is 13.1. The van der Waals surface area contributed by atoms with Crippen LogP contribution in [0.1, 0.15) is 6.42 Å². The van der Waals surface area contributed by atoms with Crippen molar-refractivity contribution in [2.24, 2.45) is 5.92 Å². The van der Waals surface area contributed by atoms with E-state index in [-0.39, 0.29) is 18.1 Å². The SMILES string of the molecule is CN1C(=O)OC[C@@H]2CCN(S(=O)(=O)c3ccc4ccccc4c3)C[C@H]21. The van der Waals surface area contributed by atoms with Crippen LogP contribution in [0.5, 0.6) is 0 Å². The van der Waals surface area contributed by atoms with Crippen molar-refractivity contribution in [1.29, 1.82) is 0 Å². The van der Waals surface area contributed by atoms with Gasteiger partial charge in [0, 0.05) is 26.1 Å². The van der Waals surface area contributed by atoms with E-state index in [4.69, 9.17) is 4.74 Å². The fraction of sp³-hybridized carbons (Fsp3) is 0.389. The van der Waals surface area contributed by atoms with Crippen molar-refractivity contribution in [3.63, 3.8) is 0 Å². The molecule has 2 aromatic carbocycles. The fourth-order valence-electron chi connectivity index (χ4n) is 3.70. The maximum Gasteiger partial charge on any atom is 0.409 e. The summed E-state index contributed by atoms with van der Waals surface area (Å²) in [5.41, 5.74) is 0. The smallest absolute Gasteiger partial charge is 0.409 e. The van der Waals surface area contributed by atoms with Gasteiger partial charge in [0.2, 0.25) is 10.0 Å². The Morgan fingerprint density at radius 3 is 2.68 bits per heavy atom. The van der Waals surface area contributed by atoms with Crippen molar-refractivity contribution >= 4 is 26.9 Å². The van der Waals surface area contributed by atoms with Crippen LogP contribution >= 0.6 is 0 Å². The second-order valence-corrected chi connectivity index (χ2v) is 8.61. The van der Waals surface area contributed by atoms with Gasteiger partial charge in [0.25, 0.3) is 0 Å². The number of carbonyl (C=O) groups excluding carboxylic acids is 1. The largest absolute Gasteiger partial charge is 0.449 e. The van der Waals surface area contributed by atoms with Gasteiger partial charge in [-0.05, 0) is 29.3 Å². The zero-order valence-electron chi connectivity index (χ0n) is 14.0. The predicted molar refractivity (Wildman–Crippen MR) is 93.7 cm³/mol. The summed E-state index contributed by atoms with van der Waals surface area (Å²) in [6.07, 6.45) is 0.306. The van der Waals surface area contributed by atoms with E-state index < -0.39 is 10.0 Å². The monoisotopic (exact) mass is 360 g/mol. The molecule has 2 aliphatic rings. The molecule has 7 heteroatoms. The predicted octanol–water partition coefficient (Wildman–Crippen LogP) is 2.30. The average molecular weight is 360 g/mol. The maximum absolute atomic E-state index is 13.1. The van der Waals surface area contributed by atoms with Gasteiger partial charge in [-0.25, -0.2) is 13.2 Å². The topological polar surface area (TPSA) is 66.9 Å². The lowest BCUT2D eigenvalue weighted by molar-refractivity contribution is -0.00454. The lowest BCUT2D eigenvalue weighted by atomic mass is 9.92. The highest BCUT2D eigenvalue weighted by atomic mass is 32.2. The van der Waals surface area contributed by atoms with Crippen LogP contribution in [-0.2, 0) is 14.8 Å². The number of benzene rings is 2. The van der Waals surface area contributed by atoms with Crippen molar-refractivity contribution in [2.75, 3.05) is 26.7 Å². The number of carbonyl (C=O) groups is 1. The third kappa shape index (κ3) is 2.77. The van der Waals surface area contributed by atoms with Crippen LogP contribution < -0.4 is 0 Å². The first-order valence-corrected chi connectivity index (χ1v) is 9.79. The van der Waals surface area contributed by atoms with Crippen LogP contribution in [0, 0.1) is 5.92 Å². The second kappa shape index (κ2) is 6.00. The summed E-state index contributed by atoms with van der Waals surface area (Å²) in [4.78, 5) is 13.6. The molecule has 132 valence electrons. The quantitative estimate of drug-likeness (QED) is 0.824. The van der Waals surface area contributed by atoms with E-state index in [1.165, 1.54) is 9.21 Å². The van der Waals surface area contributed by atoms with E-state index in [0.29, 0.717) is 31.0 Å². The molecule has 2 fully saturated rings. The molecule has 0 radical (unpaired) electrons. The van der Waals surface area contributed by atoms with Crippen molar-refractivity contribution in [1.82, 2.24) is 9.21 Å². The van der Waals surface area contributed by atoms with E-state index in [0.717, 1.165) is 10.8 Å². The van der Waals surface area contributed by atoms with Crippen molar-refractivity contribution < 1.29 is 17.9 Å². The number of amides is 1. The van der Waals surface area contributed by atoms with E-state index in [1.807, 2.05) is 30.3 Å². The molecular formula is C18H20N2O4S. The number of likely N-dealkylation sites (N-methyl/N-ethyl adjacent to an activating group) is 1. The lowest BCUT2D eigenvalue weighted by Crippen LogP contribution is -2.58. The molecule has 0 saturated carbocycles. The molecule has 2 atom stereocenters. The number of rotatable bonds is 2. The molecule has 2 aliphatic heterocycles. The molecule has 4 rings (SSSR count). The Balaban J connectivity index is 1.64. The summed E-state index contributed by atoms with van der Waals surface area (Å²) in [7, 11) is -1.92. The van der Waals surface area contributed by atoms with Crippen molar-refractivity contribution in [3.8, 4) is 0 Å². The number of hydrogen-bond acceptors (Lipinski definition) is 4. The molecule has 0 aliphatic carbocycles. The summed E-state index contributed by atoms with van der Waals surface area (Å²) in [6.45, 7) is 1.13. The highest BCUT2D eigenvalue weighted by Gasteiger charge is 2.42. The minimum Gasteiger partial charge on any atom is -0.449 e. The summed E-state index contributed by atoms with van der Waals surface area (Å²) in [5, 5.41) is 1.91. The first-order valence-electron chi connectivity index (χ1n) is 8.35. The Morgan fingerprint density at radius 1 is 1.12 bits per heavy atom. The first kappa shape index (κ1) is 16.4. The van der Waals surface area contributed by atoms with E-state index in [1.54, 1.807) is 19.2 Å². The Morgan fingerprint density at radius 2 is 1.88 bits per heavy atom. The summed E-state index contributed by atoms with van der Waals surface area (Å²) in [6, 6.07) is 12.8. The van der Waals surface area contributed by atoms with E-state index >= 15 is 0 Å². The normalized spacial score (nSPS) is 24.8. The Kier molecular flexibility index (Phi) is 3.92. The number of fused-ring (bicyclic) bond motifs is 2. The number of piperidine rings is 1. The van der Waals surface area contributed by atoms with Gasteiger partial charge in [-0.15, -0.1) is 0 Å². The molecule has 0 N–H and O–H groups in total. The van der Waals surface area contributed by atoms with Gasteiger partial charge in [-0.3, -0.25) is 0 Å². The number of ether oxygens (including phenoxy) is 1. The third-order valence-corrected chi connectivity index (χ3v) is 7.11. The van der Waals surface area contributed by atoms with E-state index in [2.05, 4.69) is 0 Å². The molecule has 0 unspecified atom stereocenters.